The van der Waals surface area contributed by atoms with E-state index >= 15 is 0 Å². The fraction of sp³-hybridized carbons (Fsp3) is 0.474. The summed E-state index contributed by atoms with van der Waals surface area (Å²) in [5.41, 5.74) is 1.83. The van der Waals surface area contributed by atoms with Gasteiger partial charge in [0.05, 0.1) is 36.5 Å². The van der Waals surface area contributed by atoms with Crippen molar-refractivity contribution in [2.75, 3.05) is 20.1 Å². The molecule has 1 heterocycles. The third kappa shape index (κ3) is 14.1. The third-order valence-electron chi connectivity index (χ3n) is 7.96. The number of aliphatic hydroxyl groups is 2. The number of aliphatic hydroxyl groups excluding tert-OH is 2. The number of nitrogens with zero attached hydrogens (tertiary/aromatic N) is 2. The Morgan fingerprint density at radius 1 is 0.780 bits per heavy atom. The van der Waals surface area contributed by atoms with Gasteiger partial charge in [-0.1, -0.05) is 80.6 Å². The standard InChI is InChI=1S/C38H54N6O6/c1-26(2)34(43-36(48)44(6)25-29-19-13-14-20-40-29)35(47)41-30(21-27-15-9-7-10-16-27)32(45)23-39-24-33(46)31(22-28-17-11-8-12-18-28)42-37(49)50-38(3,4)5/h7-20,26,30-34,39,45-46H,21-25H2,1-6H3,(H,41,47)(H,42,49)(H,43,48)/t30-,31-,32+,33+,34-/m0/s1. The van der Waals surface area contributed by atoms with Crippen molar-refractivity contribution in [2.24, 2.45) is 5.92 Å². The molecule has 0 unspecified atom stereocenters. The van der Waals surface area contributed by atoms with E-state index in [-0.39, 0.29) is 25.6 Å². The predicted octanol–water partition coefficient (Wildman–Crippen LogP) is 3.42. The quantitative estimate of drug-likeness (QED) is 0.125. The number of hydrogen-bond acceptors (Lipinski definition) is 8. The Morgan fingerprint density at radius 3 is 1.78 bits per heavy atom. The maximum absolute atomic E-state index is 13.7. The van der Waals surface area contributed by atoms with E-state index < -0.39 is 54.0 Å². The summed E-state index contributed by atoms with van der Waals surface area (Å²) in [5, 5.41) is 34.3. The minimum absolute atomic E-state index is 0.0326. The van der Waals surface area contributed by atoms with Gasteiger partial charge in [0.15, 0.2) is 0 Å². The molecule has 2 aromatic carbocycles. The molecule has 0 saturated carbocycles. The van der Waals surface area contributed by atoms with Crippen LogP contribution in [-0.4, -0.2) is 94.2 Å². The average molecular weight is 691 g/mol. The topological polar surface area (TPSA) is 165 Å². The first-order valence-electron chi connectivity index (χ1n) is 17.1. The fourth-order valence-corrected chi connectivity index (χ4v) is 5.28. The van der Waals surface area contributed by atoms with E-state index in [0.717, 1.165) is 11.1 Å². The van der Waals surface area contributed by atoms with Gasteiger partial charge in [-0.05, 0) is 62.8 Å². The number of ether oxygens (including phenoxy) is 1. The number of rotatable bonds is 17. The van der Waals surface area contributed by atoms with Gasteiger partial charge < -0.3 is 41.1 Å². The van der Waals surface area contributed by atoms with Crippen LogP contribution in [-0.2, 0) is 28.9 Å². The first-order chi connectivity index (χ1) is 23.7. The summed E-state index contributed by atoms with van der Waals surface area (Å²) in [5.74, 6) is -0.673. The Morgan fingerprint density at radius 2 is 1.30 bits per heavy atom. The minimum atomic E-state index is -1.06. The smallest absolute Gasteiger partial charge is 0.407 e. The Bertz CT molecular complexity index is 1450. The molecule has 0 spiro atoms. The van der Waals surface area contributed by atoms with E-state index in [1.807, 2.05) is 86.6 Å². The molecular weight excluding hydrogens is 636 g/mol. The van der Waals surface area contributed by atoms with Crippen molar-refractivity contribution in [3.63, 3.8) is 0 Å². The number of alkyl carbamates (subject to hydrolysis) is 1. The van der Waals surface area contributed by atoms with Crippen LogP contribution in [0.5, 0.6) is 0 Å². The highest BCUT2D eigenvalue weighted by Crippen LogP contribution is 2.12. The number of urea groups is 1. The first kappa shape index (κ1) is 39.9. The van der Waals surface area contributed by atoms with E-state index in [1.165, 1.54) is 4.90 Å². The second-order valence-corrected chi connectivity index (χ2v) is 13.9. The molecule has 0 aliphatic rings. The van der Waals surface area contributed by atoms with Crippen LogP contribution in [0.25, 0.3) is 0 Å². The Kier molecular flexibility index (Phi) is 15.7. The highest BCUT2D eigenvalue weighted by molar-refractivity contribution is 5.87. The lowest BCUT2D eigenvalue weighted by Gasteiger charge is -2.30. The van der Waals surface area contributed by atoms with Crippen molar-refractivity contribution in [3.05, 3.63) is 102 Å². The molecule has 0 saturated heterocycles. The van der Waals surface area contributed by atoms with Gasteiger partial charge in [0.25, 0.3) is 0 Å². The molecule has 3 aromatic rings. The summed E-state index contributed by atoms with van der Waals surface area (Å²) in [6.07, 6.45) is -0.389. The Labute approximate surface area is 296 Å². The minimum Gasteiger partial charge on any atom is -0.444 e. The van der Waals surface area contributed by atoms with Gasteiger partial charge in [-0.15, -0.1) is 0 Å². The van der Waals surface area contributed by atoms with E-state index in [9.17, 15) is 24.6 Å². The normalized spacial score (nSPS) is 14.5. The van der Waals surface area contributed by atoms with Gasteiger partial charge in [0.2, 0.25) is 5.91 Å². The number of hydrogen-bond donors (Lipinski definition) is 6. The molecule has 0 aliphatic carbocycles. The van der Waals surface area contributed by atoms with Crippen LogP contribution in [0.3, 0.4) is 0 Å². The maximum Gasteiger partial charge on any atom is 0.407 e. The molecule has 1 aromatic heterocycles. The van der Waals surface area contributed by atoms with Crippen LogP contribution in [0.1, 0.15) is 51.4 Å². The van der Waals surface area contributed by atoms with Crippen LogP contribution in [0.15, 0.2) is 85.1 Å². The van der Waals surface area contributed by atoms with E-state index in [0.29, 0.717) is 18.5 Å². The lowest BCUT2D eigenvalue weighted by molar-refractivity contribution is -0.125. The van der Waals surface area contributed by atoms with Gasteiger partial charge in [-0.25, -0.2) is 9.59 Å². The molecule has 50 heavy (non-hydrogen) atoms. The summed E-state index contributed by atoms with van der Waals surface area (Å²) in [6.45, 7) is 9.32. The van der Waals surface area contributed by atoms with Gasteiger partial charge in [-0.3, -0.25) is 9.78 Å². The predicted molar refractivity (Wildman–Crippen MR) is 193 cm³/mol. The molecule has 6 N–H and O–H groups in total. The fourth-order valence-electron chi connectivity index (χ4n) is 5.28. The molecule has 12 nitrogen and oxygen atoms in total. The number of aromatic nitrogens is 1. The molecule has 4 amide bonds. The molecule has 0 aliphatic heterocycles. The Balaban J connectivity index is 1.67. The second kappa shape index (κ2) is 19.6. The van der Waals surface area contributed by atoms with Crippen LogP contribution in [0.2, 0.25) is 0 Å². The lowest BCUT2D eigenvalue weighted by Crippen LogP contribution is -2.58. The largest absolute Gasteiger partial charge is 0.444 e. The number of benzene rings is 2. The van der Waals surface area contributed by atoms with Crippen LogP contribution < -0.4 is 21.3 Å². The van der Waals surface area contributed by atoms with Crippen molar-refractivity contribution in [3.8, 4) is 0 Å². The molecule has 0 bridgehead atoms. The molecule has 0 radical (unpaired) electrons. The summed E-state index contributed by atoms with van der Waals surface area (Å²) in [7, 11) is 1.63. The van der Waals surface area contributed by atoms with Crippen molar-refractivity contribution in [2.45, 2.75) is 89.9 Å². The number of carbonyl (C=O) groups is 3. The third-order valence-corrected chi connectivity index (χ3v) is 7.96. The zero-order valence-electron chi connectivity index (χ0n) is 30.0. The van der Waals surface area contributed by atoms with Crippen molar-refractivity contribution in [1.29, 1.82) is 0 Å². The molecule has 272 valence electrons. The number of nitrogens with one attached hydrogen (secondary N) is 4. The molecule has 12 heteroatoms. The maximum atomic E-state index is 13.7. The van der Waals surface area contributed by atoms with Crippen LogP contribution in [0, 0.1) is 5.92 Å². The SMILES string of the molecule is CC(C)[C@H](NC(=O)N(C)Cc1ccccn1)C(=O)N[C@@H](Cc1ccccc1)[C@H](O)CNC[C@@H](O)[C@H](Cc1ccccc1)NC(=O)OC(C)(C)C. The van der Waals surface area contributed by atoms with E-state index in [1.54, 1.807) is 40.1 Å². The second-order valence-electron chi connectivity index (χ2n) is 13.9. The highest BCUT2D eigenvalue weighted by atomic mass is 16.6. The van der Waals surface area contributed by atoms with Gasteiger partial charge in [-0.2, -0.15) is 0 Å². The highest BCUT2D eigenvalue weighted by Gasteiger charge is 2.31. The van der Waals surface area contributed by atoms with Crippen molar-refractivity contribution in [1.82, 2.24) is 31.2 Å². The van der Waals surface area contributed by atoms with Gasteiger partial charge in [0.1, 0.15) is 11.6 Å². The zero-order chi connectivity index (χ0) is 36.7. The number of pyridine rings is 1. The van der Waals surface area contributed by atoms with Crippen LogP contribution >= 0.6 is 0 Å². The molecular formula is C38H54N6O6. The van der Waals surface area contributed by atoms with E-state index in [4.69, 9.17) is 4.74 Å². The van der Waals surface area contributed by atoms with Crippen molar-refractivity contribution >= 4 is 18.0 Å². The summed E-state index contributed by atoms with van der Waals surface area (Å²) >= 11 is 0. The first-order valence-corrected chi connectivity index (χ1v) is 17.1. The molecule has 0 fully saturated rings. The van der Waals surface area contributed by atoms with E-state index in [2.05, 4.69) is 26.3 Å². The van der Waals surface area contributed by atoms with Crippen molar-refractivity contribution < 1.29 is 29.3 Å². The number of carbonyl (C=O) groups excluding carboxylic acids is 3. The van der Waals surface area contributed by atoms with Crippen LogP contribution in [0.4, 0.5) is 9.59 Å². The molecule has 3 rings (SSSR count). The summed E-state index contributed by atoms with van der Waals surface area (Å²) in [6, 6.07) is 21.7. The zero-order valence-corrected chi connectivity index (χ0v) is 30.0. The molecule has 5 atom stereocenters. The Hall–Kier alpha value is -4.52. The van der Waals surface area contributed by atoms with Gasteiger partial charge >= 0.3 is 12.1 Å². The monoisotopic (exact) mass is 690 g/mol. The summed E-state index contributed by atoms with van der Waals surface area (Å²) in [4.78, 5) is 45.1. The average Bonchev–Trinajstić information content (AvgIpc) is 3.06. The number of amides is 4. The van der Waals surface area contributed by atoms with Gasteiger partial charge in [0, 0.05) is 26.3 Å². The lowest BCUT2D eigenvalue weighted by atomic mass is 9.98. The summed E-state index contributed by atoms with van der Waals surface area (Å²) < 4.78 is 5.43.